The number of likely N-dealkylation sites (tertiary alicyclic amines) is 1. The summed E-state index contributed by atoms with van der Waals surface area (Å²) in [6.07, 6.45) is 1.48. The molecular formula is C14H19BrN2O2. The number of anilines is 1. The fraction of sp³-hybridized carbons (Fsp3) is 0.500. The number of hydrogen-bond donors (Lipinski definition) is 2. The number of nitrogens with zero attached hydrogens (tertiary/aromatic N) is 1. The number of β-amino-alcohol motifs (C(OH)–C–C–N with tert-alkyl or cyclic N) is 1. The number of hydrogen-bond acceptors (Lipinski definition) is 3. The highest BCUT2D eigenvalue weighted by atomic mass is 79.9. The molecule has 4 nitrogen and oxygen atoms in total. The van der Waals surface area contributed by atoms with E-state index in [0.717, 1.165) is 35.1 Å². The van der Waals surface area contributed by atoms with Gasteiger partial charge in [0.1, 0.15) is 0 Å². The zero-order valence-electron chi connectivity index (χ0n) is 11.0. The first-order chi connectivity index (χ1) is 9.04. The van der Waals surface area contributed by atoms with Crippen LogP contribution in [0.2, 0.25) is 0 Å². The topological polar surface area (TPSA) is 52.6 Å². The van der Waals surface area contributed by atoms with Gasteiger partial charge in [-0.1, -0.05) is 6.07 Å². The molecule has 1 unspecified atom stereocenters. The Hall–Kier alpha value is -0.910. The Morgan fingerprint density at radius 3 is 3.05 bits per heavy atom. The molecule has 1 aromatic carbocycles. The quantitative estimate of drug-likeness (QED) is 0.894. The number of carbonyl (C=O) groups is 1. The highest BCUT2D eigenvalue weighted by Gasteiger charge is 2.19. The zero-order valence-corrected chi connectivity index (χ0v) is 12.6. The van der Waals surface area contributed by atoms with E-state index in [-0.39, 0.29) is 12.0 Å². The number of nitrogens with one attached hydrogen (secondary N) is 1. The van der Waals surface area contributed by atoms with Crippen molar-refractivity contribution < 1.29 is 9.90 Å². The summed E-state index contributed by atoms with van der Waals surface area (Å²) in [4.78, 5) is 14.0. The Kier molecular flexibility index (Phi) is 4.96. The van der Waals surface area contributed by atoms with Crippen LogP contribution >= 0.6 is 15.9 Å². The van der Waals surface area contributed by atoms with Crippen LogP contribution in [-0.2, 0) is 4.79 Å². The molecule has 1 aliphatic heterocycles. The first-order valence-electron chi connectivity index (χ1n) is 6.51. The second kappa shape index (κ2) is 6.50. The van der Waals surface area contributed by atoms with Gasteiger partial charge < -0.3 is 10.4 Å². The number of amides is 1. The lowest BCUT2D eigenvalue weighted by Gasteiger charge is -2.29. The molecule has 0 saturated carbocycles. The maximum Gasteiger partial charge on any atom is 0.238 e. The third kappa shape index (κ3) is 4.30. The van der Waals surface area contributed by atoms with Gasteiger partial charge >= 0.3 is 0 Å². The molecule has 1 fully saturated rings. The highest BCUT2D eigenvalue weighted by molar-refractivity contribution is 9.10. The Labute approximate surface area is 121 Å². The lowest BCUT2D eigenvalue weighted by Crippen LogP contribution is -2.42. The van der Waals surface area contributed by atoms with Crippen molar-refractivity contribution in [1.82, 2.24) is 4.90 Å². The number of halogens is 1. The Bertz CT molecular complexity index is 465. The molecule has 2 N–H and O–H groups in total. The molecule has 1 saturated heterocycles. The summed E-state index contributed by atoms with van der Waals surface area (Å²) in [6.45, 7) is 3.80. The first kappa shape index (κ1) is 14.5. The van der Waals surface area contributed by atoms with Crippen LogP contribution in [0.25, 0.3) is 0 Å². The van der Waals surface area contributed by atoms with E-state index in [4.69, 9.17) is 0 Å². The van der Waals surface area contributed by atoms with Crippen LogP contribution in [0.15, 0.2) is 22.7 Å². The number of carbonyl (C=O) groups excluding carboxylic acids is 1. The van der Waals surface area contributed by atoms with Gasteiger partial charge in [-0.15, -0.1) is 0 Å². The molecule has 5 heteroatoms. The van der Waals surface area contributed by atoms with Crippen molar-refractivity contribution in [2.75, 3.05) is 25.0 Å². The van der Waals surface area contributed by atoms with Crippen molar-refractivity contribution >= 4 is 27.5 Å². The summed E-state index contributed by atoms with van der Waals surface area (Å²) in [5, 5.41) is 12.5. The summed E-state index contributed by atoms with van der Waals surface area (Å²) in [6, 6.07) is 5.83. The van der Waals surface area contributed by atoms with E-state index in [1.807, 2.05) is 30.0 Å². The summed E-state index contributed by atoms with van der Waals surface area (Å²) in [7, 11) is 0. The number of aryl methyl sites for hydroxylation is 1. The maximum atomic E-state index is 12.0. The summed E-state index contributed by atoms with van der Waals surface area (Å²) in [5.74, 6) is -0.0429. The van der Waals surface area contributed by atoms with Crippen LogP contribution in [0.1, 0.15) is 18.4 Å². The number of rotatable bonds is 3. The van der Waals surface area contributed by atoms with E-state index in [1.165, 1.54) is 0 Å². The molecule has 0 spiro atoms. The van der Waals surface area contributed by atoms with Crippen molar-refractivity contribution in [2.45, 2.75) is 25.9 Å². The van der Waals surface area contributed by atoms with Crippen LogP contribution in [0.5, 0.6) is 0 Å². The minimum Gasteiger partial charge on any atom is -0.392 e. The monoisotopic (exact) mass is 326 g/mol. The molecule has 1 heterocycles. The van der Waals surface area contributed by atoms with Crippen LogP contribution in [0.4, 0.5) is 5.69 Å². The van der Waals surface area contributed by atoms with Gasteiger partial charge in [0.25, 0.3) is 0 Å². The van der Waals surface area contributed by atoms with Crippen molar-refractivity contribution in [3.05, 3.63) is 28.2 Å². The molecule has 0 aliphatic carbocycles. The first-order valence-corrected chi connectivity index (χ1v) is 7.30. The smallest absolute Gasteiger partial charge is 0.238 e. The van der Waals surface area contributed by atoms with Crippen molar-refractivity contribution in [3.63, 3.8) is 0 Å². The fourth-order valence-corrected chi connectivity index (χ4v) is 2.88. The minimum atomic E-state index is -0.298. The van der Waals surface area contributed by atoms with E-state index >= 15 is 0 Å². The van der Waals surface area contributed by atoms with Gasteiger partial charge in [0.2, 0.25) is 5.91 Å². The molecule has 19 heavy (non-hydrogen) atoms. The molecule has 0 radical (unpaired) electrons. The second-order valence-electron chi connectivity index (χ2n) is 5.06. The maximum absolute atomic E-state index is 12.0. The average molecular weight is 327 g/mol. The van der Waals surface area contributed by atoms with Gasteiger partial charge in [0, 0.05) is 11.0 Å². The minimum absolute atomic E-state index is 0.0429. The van der Waals surface area contributed by atoms with E-state index in [9.17, 15) is 9.90 Å². The third-order valence-electron chi connectivity index (χ3n) is 3.25. The Morgan fingerprint density at radius 1 is 1.58 bits per heavy atom. The van der Waals surface area contributed by atoms with E-state index in [0.29, 0.717) is 13.1 Å². The van der Waals surface area contributed by atoms with Crippen LogP contribution < -0.4 is 5.32 Å². The van der Waals surface area contributed by atoms with Crippen molar-refractivity contribution in [3.8, 4) is 0 Å². The van der Waals surface area contributed by atoms with Gasteiger partial charge in [0.05, 0.1) is 18.3 Å². The zero-order chi connectivity index (χ0) is 13.8. The molecular weight excluding hydrogens is 308 g/mol. The van der Waals surface area contributed by atoms with Gasteiger partial charge in [-0.3, -0.25) is 9.69 Å². The average Bonchev–Trinajstić information content (AvgIpc) is 2.33. The molecule has 0 aromatic heterocycles. The lowest BCUT2D eigenvalue weighted by molar-refractivity contribution is -0.118. The van der Waals surface area contributed by atoms with E-state index in [2.05, 4.69) is 21.2 Å². The van der Waals surface area contributed by atoms with Crippen LogP contribution in [-0.4, -0.2) is 41.7 Å². The Morgan fingerprint density at radius 2 is 2.37 bits per heavy atom. The Balaban J connectivity index is 1.90. The van der Waals surface area contributed by atoms with E-state index in [1.54, 1.807) is 0 Å². The number of piperidine rings is 1. The SMILES string of the molecule is Cc1ccc(NC(=O)CN2CCCC(O)C2)c(Br)c1. The van der Waals surface area contributed by atoms with Gasteiger partial charge in [-0.05, 0) is 59.9 Å². The summed E-state index contributed by atoms with van der Waals surface area (Å²) in [5.41, 5.74) is 1.93. The molecule has 104 valence electrons. The van der Waals surface area contributed by atoms with E-state index < -0.39 is 0 Å². The molecule has 1 atom stereocenters. The van der Waals surface area contributed by atoms with Crippen molar-refractivity contribution in [1.29, 1.82) is 0 Å². The predicted molar refractivity (Wildman–Crippen MR) is 79.2 cm³/mol. The van der Waals surface area contributed by atoms with Crippen molar-refractivity contribution in [2.24, 2.45) is 0 Å². The molecule has 2 rings (SSSR count). The van der Waals surface area contributed by atoms with Crippen LogP contribution in [0, 0.1) is 6.92 Å². The molecule has 1 aliphatic rings. The second-order valence-corrected chi connectivity index (χ2v) is 5.92. The molecule has 0 bridgehead atoms. The standard InChI is InChI=1S/C14H19BrN2O2/c1-10-4-5-13(12(15)7-10)16-14(19)9-17-6-2-3-11(18)8-17/h4-5,7,11,18H,2-3,6,8-9H2,1H3,(H,16,19). The van der Waals surface area contributed by atoms with Gasteiger partial charge in [-0.2, -0.15) is 0 Å². The number of aliphatic hydroxyl groups excluding tert-OH is 1. The highest BCUT2D eigenvalue weighted by Crippen LogP contribution is 2.23. The number of aliphatic hydroxyl groups is 1. The molecule has 1 aromatic rings. The third-order valence-corrected chi connectivity index (χ3v) is 3.90. The van der Waals surface area contributed by atoms with Gasteiger partial charge in [-0.25, -0.2) is 0 Å². The fourth-order valence-electron chi connectivity index (χ4n) is 2.29. The number of benzene rings is 1. The normalized spacial score (nSPS) is 20.3. The van der Waals surface area contributed by atoms with Crippen LogP contribution in [0.3, 0.4) is 0 Å². The molecule has 1 amide bonds. The largest absolute Gasteiger partial charge is 0.392 e. The lowest BCUT2D eigenvalue weighted by atomic mass is 10.1. The summed E-state index contributed by atoms with van der Waals surface area (Å²) >= 11 is 3.44. The predicted octanol–water partition coefficient (Wildman–Crippen LogP) is 2.15. The summed E-state index contributed by atoms with van der Waals surface area (Å²) < 4.78 is 0.888. The van der Waals surface area contributed by atoms with Gasteiger partial charge in [0.15, 0.2) is 0 Å².